The monoisotopic (exact) mass is 470 g/mol. The molecule has 0 saturated carbocycles. The van der Waals surface area contributed by atoms with Crippen molar-refractivity contribution < 1.29 is 28.6 Å². The summed E-state index contributed by atoms with van der Waals surface area (Å²) in [6, 6.07) is 7.80. The van der Waals surface area contributed by atoms with Crippen LogP contribution in [0.5, 0.6) is 11.5 Å². The number of likely N-dealkylation sites (N-methyl/N-ethyl adjacent to an activating group) is 1. The number of aliphatic hydroxyl groups excluding tert-OH is 1. The third kappa shape index (κ3) is 5.12. The Kier molecular flexibility index (Phi) is 8.39. The van der Waals surface area contributed by atoms with Crippen LogP contribution in [0.15, 0.2) is 46.1 Å². The molecule has 8 heteroatoms. The van der Waals surface area contributed by atoms with Crippen LogP contribution in [0.2, 0.25) is 0 Å². The number of aryl methyl sites for hydroxylation is 1. The first-order valence-electron chi connectivity index (χ1n) is 11.8. The van der Waals surface area contributed by atoms with Gasteiger partial charge in [-0.2, -0.15) is 0 Å². The van der Waals surface area contributed by atoms with Gasteiger partial charge in [0.2, 0.25) is 5.78 Å². The zero-order chi connectivity index (χ0) is 24.8. The third-order valence-electron chi connectivity index (χ3n) is 5.95. The fourth-order valence-electron chi connectivity index (χ4n) is 4.18. The number of ether oxygens (including phenoxy) is 2. The second kappa shape index (κ2) is 11.2. The summed E-state index contributed by atoms with van der Waals surface area (Å²) in [4.78, 5) is 30.3. The van der Waals surface area contributed by atoms with E-state index in [9.17, 15) is 14.7 Å². The van der Waals surface area contributed by atoms with E-state index in [0.29, 0.717) is 49.1 Å². The highest BCUT2D eigenvalue weighted by Gasteiger charge is 2.44. The summed E-state index contributed by atoms with van der Waals surface area (Å²) < 4.78 is 17.0. The van der Waals surface area contributed by atoms with Gasteiger partial charge < -0.3 is 28.8 Å². The van der Waals surface area contributed by atoms with Crippen molar-refractivity contribution in [2.75, 3.05) is 39.4 Å². The Morgan fingerprint density at radius 3 is 2.32 bits per heavy atom. The van der Waals surface area contributed by atoms with Crippen molar-refractivity contribution in [3.05, 3.63) is 58.7 Å². The highest BCUT2D eigenvalue weighted by atomic mass is 16.5. The molecule has 0 spiro atoms. The molecule has 2 heterocycles. The maximum absolute atomic E-state index is 13.4. The number of rotatable bonds is 12. The van der Waals surface area contributed by atoms with Gasteiger partial charge in [0.25, 0.3) is 5.91 Å². The number of hydrogen-bond acceptors (Lipinski definition) is 7. The lowest BCUT2D eigenvalue weighted by Crippen LogP contribution is -2.38. The van der Waals surface area contributed by atoms with Gasteiger partial charge in [0.15, 0.2) is 23.0 Å². The first kappa shape index (κ1) is 25.4. The molecule has 0 aliphatic carbocycles. The van der Waals surface area contributed by atoms with E-state index in [0.717, 1.165) is 13.1 Å². The molecule has 1 aromatic heterocycles. The fraction of sp³-hybridized carbons (Fsp3) is 0.462. The third-order valence-corrected chi connectivity index (χ3v) is 5.95. The van der Waals surface area contributed by atoms with Crippen LogP contribution in [-0.4, -0.2) is 66.0 Å². The maximum atomic E-state index is 13.4. The summed E-state index contributed by atoms with van der Waals surface area (Å²) in [6.45, 7) is 13.1. The van der Waals surface area contributed by atoms with Crippen molar-refractivity contribution in [1.82, 2.24) is 9.80 Å². The summed E-state index contributed by atoms with van der Waals surface area (Å²) in [6.07, 6.45) is 0. The average Bonchev–Trinajstić information content (AvgIpc) is 3.37. The molecule has 1 atom stereocenters. The zero-order valence-corrected chi connectivity index (χ0v) is 20.6. The molecule has 0 fully saturated rings. The number of aliphatic hydroxyl groups is 1. The number of hydrogen-bond donors (Lipinski definition) is 1. The predicted octanol–water partition coefficient (Wildman–Crippen LogP) is 4.31. The SMILES string of the molecule is CCOc1ccc(C2C(C(=O)c3ccc(C)o3)=C(O)C(=O)N2CCN(CC)CC)cc1OCC. The number of furan rings is 1. The molecular weight excluding hydrogens is 436 g/mol. The van der Waals surface area contributed by atoms with Gasteiger partial charge in [0.05, 0.1) is 24.8 Å². The van der Waals surface area contributed by atoms with E-state index in [2.05, 4.69) is 18.7 Å². The van der Waals surface area contributed by atoms with E-state index >= 15 is 0 Å². The predicted molar refractivity (Wildman–Crippen MR) is 128 cm³/mol. The lowest BCUT2D eigenvalue weighted by Gasteiger charge is -2.29. The van der Waals surface area contributed by atoms with Gasteiger partial charge in [0.1, 0.15) is 5.76 Å². The van der Waals surface area contributed by atoms with Crippen molar-refractivity contribution in [2.24, 2.45) is 0 Å². The van der Waals surface area contributed by atoms with E-state index < -0.39 is 23.5 Å². The first-order valence-corrected chi connectivity index (χ1v) is 11.8. The van der Waals surface area contributed by atoms with E-state index in [1.54, 1.807) is 42.2 Å². The summed E-state index contributed by atoms with van der Waals surface area (Å²) >= 11 is 0. The summed E-state index contributed by atoms with van der Waals surface area (Å²) in [5, 5.41) is 10.8. The largest absolute Gasteiger partial charge is 0.503 e. The molecule has 1 amide bonds. The van der Waals surface area contributed by atoms with Crippen LogP contribution in [0.4, 0.5) is 0 Å². The van der Waals surface area contributed by atoms with Gasteiger partial charge in [-0.25, -0.2) is 0 Å². The molecule has 3 rings (SSSR count). The van der Waals surface area contributed by atoms with Crippen LogP contribution < -0.4 is 9.47 Å². The smallest absolute Gasteiger partial charge is 0.290 e. The Morgan fingerprint density at radius 1 is 1.06 bits per heavy atom. The number of carbonyl (C=O) groups is 2. The van der Waals surface area contributed by atoms with Gasteiger partial charge in [-0.05, 0) is 63.7 Å². The molecule has 1 aliphatic rings. The number of Topliss-reactive ketones (excluding diaryl/α,β-unsaturated/α-hetero) is 1. The molecule has 0 radical (unpaired) electrons. The zero-order valence-electron chi connectivity index (χ0n) is 20.6. The average molecular weight is 471 g/mol. The van der Waals surface area contributed by atoms with Gasteiger partial charge >= 0.3 is 0 Å². The van der Waals surface area contributed by atoms with E-state index in [-0.39, 0.29) is 11.3 Å². The Hall–Kier alpha value is -3.26. The number of nitrogens with zero attached hydrogens (tertiary/aromatic N) is 2. The van der Waals surface area contributed by atoms with Gasteiger partial charge in [0, 0.05) is 13.1 Å². The Bertz CT molecular complexity index is 1050. The summed E-state index contributed by atoms with van der Waals surface area (Å²) in [7, 11) is 0. The van der Waals surface area contributed by atoms with Gasteiger partial charge in [-0.3, -0.25) is 9.59 Å². The van der Waals surface area contributed by atoms with Crippen LogP contribution in [0.3, 0.4) is 0 Å². The highest BCUT2D eigenvalue weighted by molar-refractivity contribution is 6.15. The van der Waals surface area contributed by atoms with Crippen molar-refractivity contribution in [3.63, 3.8) is 0 Å². The number of amides is 1. The van der Waals surface area contributed by atoms with Crippen LogP contribution in [0, 0.1) is 6.92 Å². The molecule has 1 N–H and O–H groups in total. The van der Waals surface area contributed by atoms with E-state index in [1.807, 2.05) is 13.8 Å². The van der Waals surface area contributed by atoms with E-state index in [4.69, 9.17) is 13.9 Å². The minimum atomic E-state index is -0.782. The van der Waals surface area contributed by atoms with Crippen molar-refractivity contribution >= 4 is 11.7 Å². The molecular formula is C26H34N2O6. The first-order chi connectivity index (χ1) is 16.4. The van der Waals surface area contributed by atoms with Gasteiger partial charge in [-0.1, -0.05) is 19.9 Å². The fourth-order valence-corrected chi connectivity index (χ4v) is 4.18. The Labute approximate surface area is 200 Å². The highest BCUT2D eigenvalue weighted by Crippen LogP contribution is 2.41. The Balaban J connectivity index is 2.08. The van der Waals surface area contributed by atoms with Crippen molar-refractivity contribution in [2.45, 2.75) is 40.7 Å². The summed E-state index contributed by atoms with van der Waals surface area (Å²) in [5.41, 5.74) is 0.654. The lowest BCUT2D eigenvalue weighted by atomic mass is 9.94. The van der Waals surface area contributed by atoms with Crippen molar-refractivity contribution in [1.29, 1.82) is 0 Å². The van der Waals surface area contributed by atoms with Crippen molar-refractivity contribution in [3.8, 4) is 11.5 Å². The molecule has 1 unspecified atom stereocenters. The molecule has 0 saturated heterocycles. The molecule has 2 aromatic rings. The van der Waals surface area contributed by atoms with Gasteiger partial charge in [-0.15, -0.1) is 0 Å². The number of carbonyl (C=O) groups excluding carboxylic acids is 2. The normalized spacial score (nSPS) is 16.0. The summed E-state index contributed by atoms with van der Waals surface area (Å²) in [5.74, 6) is 0.118. The van der Waals surface area contributed by atoms with Crippen LogP contribution in [-0.2, 0) is 4.79 Å². The molecule has 184 valence electrons. The molecule has 1 aliphatic heterocycles. The second-order valence-electron chi connectivity index (χ2n) is 8.00. The maximum Gasteiger partial charge on any atom is 0.290 e. The van der Waals surface area contributed by atoms with Crippen LogP contribution in [0.25, 0.3) is 0 Å². The molecule has 1 aromatic carbocycles. The lowest BCUT2D eigenvalue weighted by molar-refractivity contribution is -0.129. The van der Waals surface area contributed by atoms with E-state index in [1.165, 1.54) is 0 Å². The minimum Gasteiger partial charge on any atom is -0.503 e. The molecule has 8 nitrogen and oxygen atoms in total. The minimum absolute atomic E-state index is 0.00510. The van der Waals surface area contributed by atoms with Crippen LogP contribution in [0.1, 0.15) is 55.6 Å². The van der Waals surface area contributed by atoms with Crippen LogP contribution >= 0.6 is 0 Å². The molecule has 34 heavy (non-hydrogen) atoms. The molecule has 0 bridgehead atoms. The standard InChI is InChI=1S/C26H34N2O6/c1-6-27(7-2)14-15-28-23(18-11-13-19(32-8-3)21(16-18)33-9-4)22(25(30)26(28)31)24(29)20-12-10-17(5)34-20/h10-13,16,23,30H,6-9,14-15H2,1-5H3. The quantitative estimate of drug-likeness (QED) is 0.462. The topological polar surface area (TPSA) is 92.5 Å². The second-order valence-corrected chi connectivity index (χ2v) is 8.00. The number of benzene rings is 1. The number of ketones is 1. The Morgan fingerprint density at radius 2 is 1.74 bits per heavy atom.